The maximum absolute atomic E-state index is 10.4. The third-order valence-electron chi connectivity index (χ3n) is 8.81. The second-order valence-electron chi connectivity index (χ2n) is 13.8. The molecule has 6 nitrogen and oxygen atoms in total. The minimum absolute atomic E-state index is 0.0758. The van der Waals surface area contributed by atoms with Crippen LogP contribution in [-0.2, 0) is 24.9 Å². The number of methoxy groups -OCH3 is 1. The summed E-state index contributed by atoms with van der Waals surface area (Å²) in [5.41, 5.74) is 0.231. The van der Waals surface area contributed by atoms with Gasteiger partial charge in [0.15, 0.2) is 16.6 Å². The fraction of sp³-hybridized carbons (Fsp3) is 0.793. The van der Waals surface area contributed by atoms with E-state index in [9.17, 15) is 5.11 Å². The largest absolute Gasteiger partial charge is 0.497 e. The Morgan fingerprint density at radius 2 is 1.54 bits per heavy atom. The predicted molar refractivity (Wildman–Crippen MR) is 156 cm³/mol. The highest BCUT2D eigenvalue weighted by Gasteiger charge is 2.50. The van der Waals surface area contributed by atoms with Gasteiger partial charge in [-0.1, -0.05) is 53.7 Å². The molecule has 0 aromatic heterocycles. The number of rotatable bonds is 11. The Morgan fingerprint density at radius 1 is 0.973 bits per heavy atom. The van der Waals surface area contributed by atoms with Crippen molar-refractivity contribution in [3.05, 3.63) is 29.8 Å². The molecule has 0 unspecified atom stereocenters. The Balaban J connectivity index is 2.22. The van der Waals surface area contributed by atoms with Crippen LogP contribution in [0, 0.1) is 0 Å². The Bertz CT molecular complexity index is 843. The van der Waals surface area contributed by atoms with E-state index in [4.69, 9.17) is 23.1 Å². The molecule has 0 spiro atoms. The molecule has 0 amide bonds. The van der Waals surface area contributed by atoms with Crippen LogP contribution in [0.3, 0.4) is 0 Å². The van der Waals surface area contributed by atoms with Crippen molar-refractivity contribution in [2.45, 2.75) is 128 Å². The lowest BCUT2D eigenvalue weighted by Crippen LogP contribution is -2.60. The predicted octanol–water partition coefficient (Wildman–Crippen LogP) is 6.92. The zero-order valence-electron chi connectivity index (χ0n) is 25.6. The van der Waals surface area contributed by atoms with Gasteiger partial charge in [-0.25, -0.2) is 0 Å². The summed E-state index contributed by atoms with van der Waals surface area (Å²) in [6.45, 7) is 25.5. The highest BCUT2D eigenvalue weighted by molar-refractivity contribution is 6.74. The average molecular weight is 555 g/mol. The minimum atomic E-state index is -2.07. The van der Waals surface area contributed by atoms with Crippen molar-refractivity contribution < 1.29 is 28.2 Å². The Kier molecular flexibility index (Phi) is 10.7. The van der Waals surface area contributed by atoms with Crippen LogP contribution in [0.15, 0.2) is 24.3 Å². The first-order valence-electron chi connectivity index (χ1n) is 13.7. The highest BCUT2D eigenvalue weighted by Crippen LogP contribution is 2.42. The minimum Gasteiger partial charge on any atom is -0.497 e. The summed E-state index contributed by atoms with van der Waals surface area (Å²) < 4.78 is 31.8. The highest BCUT2D eigenvalue weighted by atomic mass is 28.4. The summed E-state index contributed by atoms with van der Waals surface area (Å²) in [6, 6.07) is 7.87. The molecule has 1 heterocycles. The molecule has 0 radical (unpaired) electrons. The maximum Gasteiger partial charge on any atom is 0.192 e. The standard InChI is InChI=1S/C29H54O6Si2/c1-27(2,3)36(9,10)33-18-17-24-25(35-37(11,12)28(4,5)6)19-26(29(7,21-30)34-24)32-20-22-13-15-23(31-8)16-14-22/h13-16,24-26,30H,17-21H2,1-12H3/t24-,25+,26-,29+/m0/s1. The summed E-state index contributed by atoms with van der Waals surface area (Å²) in [5, 5.41) is 10.7. The lowest BCUT2D eigenvalue weighted by Gasteiger charge is -2.50. The number of hydrogen-bond acceptors (Lipinski definition) is 6. The van der Waals surface area contributed by atoms with Gasteiger partial charge in [0.05, 0.1) is 38.6 Å². The molecule has 1 fully saturated rings. The van der Waals surface area contributed by atoms with Gasteiger partial charge < -0.3 is 28.2 Å². The van der Waals surface area contributed by atoms with E-state index in [0.29, 0.717) is 19.6 Å². The second kappa shape index (κ2) is 12.2. The molecule has 0 aliphatic carbocycles. The quantitative estimate of drug-likeness (QED) is 0.299. The van der Waals surface area contributed by atoms with E-state index in [1.165, 1.54) is 0 Å². The van der Waals surface area contributed by atoms with Crippen LogP contribution in [0.25, 0.3) is 0 Å². The van der Waals surface area contributed by atoms with Gasteiger partial charge in [0, 0.05) is 13.0 Å². The number of hydrogen-bond donors (Lipinski definition) is 1. The smallest absolute Gasteiger partial charge is 0.192 e. The first kappa shape index (κ1) is 32.5. The van der Waals surface area contributed by atoms with E-state index in [1.54, 1.807) is 7.11 Å². The van der Waals surface area contributed by atoms with Gasteiger partial charge in [-0.2, -0.15) is 0 Å². The van der Waals surface area contributed by atoms with Crippen LogP contribution in [0.2, 0.25) is 36.3 Å². The SMILES string of the molecule is COc1ccc(CO[C@H]2C[C@@H](O[Si](C)(C)C(C)(C)C)[C@H](CCO[Si](C)(C)C(C)(C)C)O[C@]2(C)CO)cc1. The summed E-state index contributed by atoms with van der Waals surface area (Å²) in [7, 11) is -2.28. The molecule has 1 N–H and O–H groups in total. The average Bonchev–Trinajstić information content (AvgIpc) is 2.78. The van der Waals surface area contributed by atoms with Crippen LogP contribution in [0.4, 0.5) is 0 Å². The fourth-order valence-corrected chi connectivity index (χ4v) is 6.40. The first-order valence-corrected chi connectivity index (χ1v) is 19.5. The van der Waals surface area contributed by atoms with Crippen molar-refractivity contribution >= 4 is 16.6 Å². The van der Waals surface area contributed by atoms with E-state index in [2.05, 4.69) is 67.7 Å². The normalized spacial score (nSPS) is 25.8. The van der Waals surface area contributed by atoms with E-state index in [0.717, 1.165) is 17.7 Å². The topological polar surface area (TPSA) is 66.4 Å². The van der Waals surface area contributed by atoms with Gasteiger partial charge in [0.25, 0.3) is 0 Å². The van der Waals surface area contributed by atoms with Gasteiger partial charge in [-0.15, -0.1) is 0 Å². The molecule has 2 rings (SSSR count). The Hall–Kier alpha value is -0.746. The summed E-state index contributed by atoms with van der Waals surface area (Å²) in [5.74, 6) is 0.815. The van der Waals surface area contributed by atoms with Crippen LogP contribution < -0.4 is 4.74 Å². The van der Waals surface area contributed by atoms with Crippen LogP contribution in [0.1, 0.15) is 66.9 Å². The van der Waals surface area contributed by atoms with Crippen molar-refractivity contribution in [2.24, 2.45) is 0 Å². The lowest BCUT2D eigenvalue weighted by molar-refractivity contribution is -0.244. The van der Waals surface area contributed by atoms with Crippen molar-refractivity contribution in [1.82, 2.24) is 0 Å². The molecule has 0 bridgehead atoms. The molecule has 4 atom stereocenters. The monoisotopic (exact) mass is 554 g/mol. The number of ether oxygens (including phenoxy) is 3. The molecule has 8 heteroatoms. The molecule has 214 valence electrons. The van der Waals surface area contributed by atoms with E-state index < -0.39 is 22.2 Å². The van der Waals surface area contributed by atoms with Crippen molar-refractivity contribution in [3.8, 4) is 5.75 Å². The van der Waals surface area contributed by atoms with Gasteiger partial charge >= 0.3 is 0 Å². The molecular weight excluding hydrogens is 500 g/mol. The van der Waals surface area contributed by atoms with Crippen LogP contribution >= 0.6 is 0 Å². The van der Waals surface area contributed by atoms with E-state index >= 15 is 0 Å². The third-order valence-corrected chi connectivity index (χ3v) is 17.9. The Labute approximate surface area is 228 Å². The second-order valence-corrected chi connectivity index (χ2v) is 23.4. The van der Waals surface area contributed by atoms with Gasteiger partial charge in [0.1, 0.15) is 11.4 Å². The van der Waals surface area contributed by atoms with Gasteiger partial charge in [0.2, 0.25) is 0 Å². The summed E-state index contributed by atoms with van der Waals surface area (Å²) >= 11 is 0. The van der Waals surface area contributed by atoms with Crippen molar-refractivity contribution in [3.63, 3.8) is 0 Å². The maximum atomic E-state index is 10.4. The molecule has 0 saturated carbocycles. The Morgan fingerprint density at radius 3 is 2.03 bits per heavy atom. The molecule has 1 saturated heterocycles. The summed E-state index contributed by atoms with van der Waals surface area (Å²) in [4.78, 5) is 0. The van der Waals surface area contributed by atoms with Gasteiger partial charge in [-0.05, 0) is 67.3 Å². The third kappa shape index (κ3) is 8.37. The summed E-state index contributed by atoms with van der Waals surface area (Å²) in [6.07, 6.45) is 0.810. The first-order chi connectivity index (χ1) is 16.8. The molecule has 1 aromatic carbocycles. The van der Waals surface area contributed by atoms with Crippen molar-refractivity contribution in [2.75, 3.05) is 20.3 Å². The number of benzene rings is 1. The molecule has 37 heavy (non-hydrogen) atoms. The van der Waals surface area contributed by atoms with E-state index in [1.807, 2.05) is 31.2 Å². The van der Waals surface area contributed by atoms with Crippen LogP contribution in [0.5, 0.6) is 5.75 Å². The van der Waals surface area contributed by atoms with Crippen LogP contribution in [-0.4, -0.2) is 66.0 Å². The fourth-order valence-electron chi connectivity index (χ4n) is 3.98. The molecule has 1 aliphatic rings. The molecular formula is C29H54O6Si2. The van der Waals surface area contributed by atoms with E-state index in [-0.39, 0.29) is 35.0 Å². The number of aliphatic hydroxyl groups excluding tert-OH is 1. The van der Waals surface area contributed by atoms with Crippen molar-refractivity contribution in [1.29, 1.82) is 0 Å². The zero-order chi connectivity index (χ0) is 28.3. The molecule has 1 aliphatic heterocycles. The zero-order valence-corrected chi connectivity index (χ0v) is 27.6. The van der Waals surface area contributed by atoms with Gasteiger partial charge in [-0.3, -0.25) is 0 Å². The number of aliphatic hydroxyl groups is 1. The lowest BCUT2D eigenvalue weighted by atomic mass is 9.88. The molecule has 1 aromatic rings.